The van der Waals surface area contributed by atoms with Gasteiger partial charge in [0.2, 0.25) is 0 Å². The average Bonchev–Trinajstić information content (AvgIpc) is 2.18. The summed E-state index contributed by atoms with van der Waals surface area (Å²) >= 11 is 5.63. The molecule has 1 rings (SSSR count). The molecule has 0 heterocycles. The summed E-state index contributed by atoms with van der Waals surface area (Å²) in [5, 5.41) is 9.45. The summed E-state index contributed by atoms with van der Waals surface area (Å²) in [6.45, 7) is 1.96. The molecule has 0 aliphatic heterocycles. The van der Waals surface area contributed by atoms with E-state index < -0.39 is 0 Å². The van der Waals surface area contributed by atoms with Crippen LogP contribution in [0.1, 0.15) is 18.9 Å². The second kappa shape index (κ2) is 5.88. The molecule has 0 amide bonds. The molecule has 0 aromatic heterocycles. The second-order valence-electron chi connectivity index (χ2n) is 3.00. The Labute approximate surface area is 106 Å². The summed E-state index contributed by atoms with van der Waals surface area (Å²) in [5.74, 6) is 0. The Morgan fingerprint density at radius 3 is 2.57 bits per heavy atom. The highest BCUT2D eigenvalue weighted by molar-refractivity contribution is 14.1. The van der Waals surface area contributed by atoms with E-state index in [9.17, 15) is 5.11 Å². The normalized spacial score (nSPS) is 14.1. The number of hydrogen-bond acceptors (Lipinski definition) is 1. The van der Waals surface area contributed by atoms with E-state index in [0.29, 0.717) is 0 Å². The summed E-state index contributed by atoms with van der Waals surface area (Å²) in [6, 6.07) is 8.07. The molecule has 1 N–H and O–H groups in total. The number of aliphatic hydroxyl groups is 1. The maximum atomic E-state index is 9.45. The summed E-state index contributed by atoms with van der Waals surface area (Å²) < 4.78 is 2.16. The van der Waals surface area contributed by atoms with E-state index >= 15 is 0 Å². The van der Waals surface area contributed by atoms with Gasteiger partial charge in [0.1, 0.15) is 0 Å². The lowest BCUT2D eigenvalue weighted by molar-refractivity contribution is 0.220. The maximum absolute atomic E-state index is 9.45. The van der Waals surface area contributed by atoms with Crippen LogP contribution in [-0.4, -0.2) is 11.2 Å². The molecule has 0 spiro atoms. The minimum atomic E-state index is -0.342. The van der Waals surface area contributed by atoms with Crippen LogP contribution in [0.15, 0.2) is 34.8 Å². The molecule has 1 atom stereocenters. The van der Waals surface area contributed by atoms with Crippen LogP contribution in [0.4, 0.5) is 0 Å². The molecule has 0 aliphatic rings. The molecule has 76 valence electrons. The predicted octanol–water partition coefficient (Wildman–Crippen LogP) is 4.00. The Hall–Kier alpha value is 0.130. The molecule has 0 saturated carbocycles. The number of hydrogen-bond donors (Lipinski definition) is 1. The van der Waals surface area contributed by atoms with Crippen LogP contribution < -0.4 is 0 Å². The summed E-state index contributed by atoms with van der Waals surface area (Å²) in [7, 11) is 0. The van der Waals surface area contributed by atoms with E-state index in [0.717, 1.165) is 20.0 Å². The van der Waals surface area contributed by atoms with E-state index in [2.05, 4.69) is 38.5 Å². The van der Waals surface area contributed by atoms with Gasteiger partial charge >= 0.3 is 0 Å². The molecule has 0 fully saturated rings. The summed E-state index contributed by atoms with van der Waals surface area (Å²) in [6.07, 6.45) is 2.29. The van der Waals surface area contributed by atoms with Gasteiger partial charge in [-0.3, -0.25) is 0 Å². The third-order valence-corrected chi connectivity index (χ3v) is 3.39. The van der Waals surface area contributed by atoms with Crippen LogP contribution in [0, 0.1) is 0 Å². The molecule has 1 aromatic rings. The first-order chi connectivity index (χ1) is 6.63. The fourth-order valence-electron chi connectivity index (χ4n) is 0.992. The topological polar surface area (TPSA) is 20.2 Å². The van der Waals surface area contributed by atoms with Gasteiger partial charge in [-0.2, -0.15) is 0 Å². The number of benzene rings is 1. The molecular formula is C11H12BrIO. The predicted molar refractivity (Wildman–Crippen MR) is 72.4 cm³/mol. The van der Waals surface area contributed by atoms with Crippen LogP contribution in [-0.2, 0) is 0 Å². The van der Waals surface area contributed by atoms with Crippen LogP contribution in [0.2, 0.25) is 0 Å². The fourth-order valence-corrected chi connectivity index (χ4v) is 2.03. The van der Waals surface area contributed by atoms with E-state index in [4.69, 9.17) is 0 Å². The van der Waals surface area contributed by atoms with Crippen LogP contribution in [0.3, 0.4) is 0 Å². The van der Waals surface area contributed by atoms with Crippen molar-refractivity contribution in [2.24, 2.45) is 0 Å². The highest BCUT2D eigenvalue weighted by Crippen LogP contribution is 2.24. The lowest BCUT2D eigenvalue weighted by atomic mass is 10.2. The minimum absolute atomic E-state index is 0.342. The molecule has 0 aliphatic carbocycles. The zero-order chi connectivity index (χ0) is 10.6. The van der Waals surface area contributed by atoms with Gasteiger partial charge in [0.15, 0.2) is 0 Å². The smallest absolute Gasteiger partial charge is 0.0731 e. The molecule has 0 saturated heterocycles. The van der Waals surface area contributed by atoms with Crippen LogP contribution in [0.25, 0.3) is 3.58 Å². The van der Waals surface area contributed by atoms with Crippen molar-refractivity contribution in [1.29, 1.82) is 0 Å². The van der Waals surface area contributed by atoms with Gasteiger partial charge in [-0.15, -0.1) is 0 Å². The summed E-state index contributed by atoms with van der Waals surface area (Å²) in [5.41, 5.74) is 1.14. The first-order valence-electron chi connectivity index (χ1n) is 4.44. The van der Waals surface area contributed by atoms with Gasteiger partial charge in [0, 0.05) is 8.05 Å². The minimum Gasteiger partial charge on any atom is -0.389 e. The molecule has 1 nitrogen and oxygen atoms in total. The molecule has 0 radical (unpaired) electrons. The summed E-state index contributed by atoms with van der Waals surface area (Å²) in [4.78, 5) is 0. The SMILES string of the molecule is CCC(O)/C=C(/I)c1ccc(Br)cc1. The molecule has 1 aromatic carbocycles. The van der Waals surface area contributed by atoms with Gasteiger partial charge in [-0.1, -0.05) is 35.0 Å². The number of aliphatic hydroxyl groups excluding tert-OH is 1. The average molecular weight is 367 g/mol. The number of rotatable bonds is 3. The monoisotopic (exact) mass is 366 g/mol. The molecule has 0 bridgehead atoms. The first kappa shape index (κ1) is 12.2. The van der Waals surface area contributed by atoms with Gasteiger partial charge in [-0.05, 0) is 52.8 Å². The lowest BCUT2D eigenvalue weighted by Crippen LogP contribution is -1.98. The quantitative estimate of drug-likeness (QED) is 0.802. The van der Waals surface area contributed by atoms with Crippen LogP contribution >= 0.6 is 38.5 Å². The highest BCUT2D eigenvalue weighted by Gasteiger charge is 2.00. The highest BCUT2D eigenvalue weighted by atomic mass is 127. The van der Waals surface area contributed by atoms with E-state index in [1.807, 2.05) is 37.3 Å². The van der Waals surface area contributed by atoms with Crippen molar-refractivity contribution in [1.82, 2.24) is 0 Å². The van der Waals surface area contributed by atoms with Gasteiger partial charge < -0.3 is 5.11 Å². The molecule has 3 heteroatoms. The van der Waals surface area contributed by atoms with E-state index in [1.54, 1.807) is 0 Å². The molecule has 14 heavy (non-hydrogen) atoms. The number of halogens is 2. The Kier molecular flexibility index (Phi) is 5.12. The van der Waals surface area contributed by atoms with Crippen molar-refractivity contribution in [3.05, 3.63) is 40.4 Å². The Morgan fingerprint density at radius 2 is 2.07 bits per heavy atom. The molecule has 1 unspecified atom stereocenters. The van der Waals surface area contributed by atoms with Crippen LogP contribution in [0.5, 0.6) is 0 Å². The van der Waals surface area contributed by atoms with Crippen molar-refractivity contribution in [2.75, 3.05) is 0 Å². The van der Waals surface area contributed by atoms with Crippen molar-refractivity contribution < 1.29 is 5.11 Å². The fraction of sp³-hybridized carbons (Fsp3) is 0.273. The zero-order valence-electron chi connectivity index (χ0n) is 7.87. The van der Waals surface area contributed by atoms with Crippen molar-refractivity contribution in [3.63, 3.8) is 0 Å². The third kappa shape index (κ3) is 3.71. The van der Waals surface area contributed by atoms with E-state index in [-0.39, 0.29) is 6.10 Å². The Bertz CT molecular complexity index is 319. The Balaban J connectivity index is 2.83. The second-order valence-corrected chi connectivity index (χ2v) is 5.07. The Morgan fingerprint density at radius 1 is 1.50 bits per heavy atom. The van der Waals surface area contributed by atoms with Crippen molar-refractivity contribution >= 4 is 42.1 Å². The lowest BCUT2D eigenvalue weighted by Gasteiger charge is -2.04. The zero-order valence-corrected chi connectivity index (χ0v) is 11.6. The largest absolute Gasteiger partial charge is 0.389 e. The van der Waals surface area contributed by atoms with Gasteiger partial charge in [-0.25, -0.2) is 0 Å². The third-order valence-electron chi connectivity index (χ3n) is 1.88. The van der Waals surface area contributed by atoms with E-state index in [1.165, 1.54) is 0 Å². The first-order valence-corrected chi connectivity index (χ1v) is 6.32. The van der Waals surface area contributed by atoms with Crippen molar-refractivity contribution in [2.45, 2.75) is 19.4 Å². The standard InChI is InChI=1S/C11H12BrIO/c1-2-10(14)7-11(13)8-3-5-9(12)6-4-8/h3-7,10,14H,2H2,1H3/b11-7+. The van der Waals surface area contributed by atoms with Gasteiger partial charge in [0.05, 0.1) is 6.10 Å². The van der Waals surface area contributed by atoms with Gasteiger partial charge in [0.25, 0.3) is 0 Å². The maximum Gasteiger partial charge on any atom is 0.0731 e. The molecular weight excluding hydrogens is 355 g/mol. The van der Waals surface area contributed by atoms with Crippen molar-refractivity contribution in [3.8, 4) is 0 Å².